The zero-order valence-corrected chi connectivity index (χ0v) is 30.1. The van der Waals surface area contributed by atoms with Gasteiger partial charge >= 0.3 is 12.1 Å². The first-order valence-electron chi connectivity index (χ1n) is 15.4. The monoisotopic (exact) mass is 652 g/mol. The molecule has 0 aliphatic heterocycles. The van der Waals surface area contributed by atoms with Crippen LogP contribution in [-0.4, -0.2) is 57.1 Å². The topological polar surface area (TPSA) is 77.1 Å². The van der Waals surface area contributed by atoms with Crippen LogP contribution in [0, 0.1) is 0 Å². The lowest BCUT2D eigenvalue weighted by Crippen LogP contribution is -2.49. The normalized spacial score (nSPS) is 13.5. The minimum Gasteiger partial charge on any atom is -0.465 e. The summed E-state index contributed by atoms with van der Waals surface area (Å²) >= 11 is 6.42. The summed E-state index contributed by atoms with van der Waals surface area (Å²) in [6, 6.07) is 22.7. The highest BCUT2D eigenvalue weighted by Gasteiger charge is 2.41. The van der Waals surface area contributed by atoms with Gasteiger partial charge in [-0.25, -0.2) is 9.59 Å². The van der Waals surface area contributed by atoms with Crippen molar-refractivity contribution in [2.45, 2.75) is 84.3 Å². The number of carbonyl (C=O) groups is 2. The van der Waals surface area contributed by atoms with E-state index in [0.29, 0.717) is 23.7 Å². The molecule has 7 nitrogen and oxygen atoms in total. The Bertz CT molecular complexity index is 1460. The van der Waals surface area contributed by atoms with E-state index in [1.165, 1.54) is 7.11 Å². The second-order valence-electron chi connectivity index (χ2n) is 13.9. The van der Waals surface area contributed by atoms with Crippen LogP contribution < -0.4 is 5.32 Å². The summed E-state index contributed by atoms with van der Waals surface area (Å²) in [4.78, 5) is 27.5. The molecule has 0 heterocycles. The molecule has 0 spiro atoms. The molecule has 0 radical (unpaired) electrons. The minimum atomic E-state index is -2.24. The smallest absolute Gasteiger partial charge is 0.410 e. The molecule has 244 valence electrons. The summed E-state index contributed by atoms with van der Waals surface area (Å²) in [7, 11) is -0.868. The van der Waals surface area contributed by atoms with Gasteiger partial charge in [0.25, 0.3) is 0 Å². The van der Waals surface area contributed by atoms with Gasteiger partial charge in [-0.1, -0.05) is 68.8 Å². The number of nitrogens with zero attached hydrogens (tertiary/aromatic N) is 1. The molecule has 0 aliphatic rings. The Morgan fingerprint density at radius 1 is 0.911 bits per heavy atom. The third kappa shape index (κ3) is 10.3. The van der Waals surface area contributed by atoms with E-state index >= 15 is 0 Å². The fourth-order valence-electron chi connectivity index (χ4n) is 4.51. The Labute approximate surface area is 275 Å². The highest BCUT2D eigenvalue weighted by molar-refractivity contribution is 6.74. The van der Waals surface area contributed by atoms with Crippen LogP contribution in [0.1, 0.15) is 70.5 Å². The van der Waals surface area contributed by atoms with E-state index in [2.05, 4.69) is 39.2 Å². The van der Waals surface area contributed by atoms with Crippen LogP contribution in [0.3, 0.4) is 0 Å². The third-order valence-corrected chi connectivity index (χ3v) is 12.8. The molecule has 0 aromatic heterocycles. The van der Waals surface area contributed by atoms with Gasteiger partial charge in [-0.05, 0) is 98.9 Å². The molecule has 0 saturated heterocycles. The molecule has 1 N–H and O–H groups in total. The second-order valence-corrected chi connectivity index (χ2v) is 19.1. The first kappa shape index (κ1) is 36.1. The van der Waals surface area contributed by atoms with Gasteiger partial charge < -0.3 is 24.1 Å². The summed E-state index contributed by atoms with van der Waals surface area (Å²) in [6.07, 6.45) is -0.805. The van der Waals surface area contributed by atoms with Crippen LogP contribution in [0.15, 0.2) is 72.8 Å². The van der Waals surface area contributed by atoms with Gasteiger partial charge in [-0.3, -0.25) is 0 Å². The van der Waals surface area contributed by atoms with Crippen molar-refractivity contribution in [1.29, 1.82) is 0 Å². The third-order valence-electron chi connectivity index (χ3n) is 8.07. The molecule has 2 atom stereocenters. The van der Waals surface area contributed by atoms with Gasteiger partial charge in [-0.2, -0.15) is 0 Å². The number of rotatable bonds is 11. The van der Waals surface area contributed by atoms with Gasteiger partial charge in [0, 0.05) is 23.3 Å². The Balaban J connectivity index is 1.89. The summed E-state index contributed by atoms with van der Waals surface area (Å²) in [6.45, 7) is 19.4. The van der Waals surface area contributed by atoms with Gasteiger partial charge in [0.05, 0.1) is 25.3 Å². The van der Waals surface area contributed by atoms with E-state index in [9.17, 15) is 9.59 Å². The first-order valence-corrected chi connectivity index (χ1v) is 18.6. The lowest BCUT2D eigenvalue weighted by Gasteiger charge is -2.41. The van der Waals surface area contributed by atoms with Gasteiger partial charge in [0.15, 0.2) is 8.32 Å². The van der Waals surface area contributed by atoms with Crippen LogP contribution in [-0.2, 0) is 13.9 Å². The minimum absolute atomic E-state index is 0.0326. The highest BCUT2D eigenvalue weighted by atomic mass is 35.5. The van der Waals surface area contributed by atoms with E-state index < -0.39 is 26.1 Å². The first-order chi connectivity index (χ1) is 20.9. The second kappa shape index (κ2) is 14.8. The number of halogens is 1. The predicted octanol–water partition coefficient (Wildman–Crippen LogP) is 9.59. The number of carbonyl (C=O) groups excluding carboxylic acids is 2. The summed E-state index contributed by atoms with van der Waals surface area (Å²) in [5, 5.41) is 4.09. The number of esters is 1. The fourth-order valence-corrected chi connectivity index (χ4v) is 5.99. The number of benzene rings is 3. The van der Waals surface area contributed by atoms with Crippen LogP contribution in [0.4, 0.5) is 10.5 Å². The quantitative estimate of drug-likeness (QED) is 0.164. The molecular formula is C36H49ClN2O5Si. The number of methoxy groups -OCH3 is 1. The van der Waals surface area contributed by atoms with Crippen molar-refractivity contribution >= 4 is 37.7 Å². The fraction of sp³-hybridized carbons (Fsp3) is 0.444. The predicted molar refractivity (Wildman–Crippen MR) is 187 cm³/mol. The van der Waals surface area contributed by atoms with Crippen molar-refractivity contribution in [3.63, 3.8) is 0 Å². The molecule has 9 heteroatoms. The Morgan fingerprint density at radius 2 is 1.53 bits per heavy atom. The lowest BCUT2D eigenvalue weighted by molar-refractivity contribution is 0.00798. The number of anilines is 1. The van der Waals surface area contributed by atoms with Crippen LogP contribution in [0.5, 0.6) is 0 Å². The van der Waals surface area contributed by atoms with E-state index in [1.807, 2.05) is 94.4 Å². The van der Waals surface area contributed by atoms with Gasteiger partial charge in [0.2, 0.25) is 0 Å². The maximum absolute atomic E-state index is 13.7. The van der Waals surface area contributed by atoms with Gasteiger partial charge in [-0.15, -0.1) is 0 Å². The zero-order valence-electron chi connectivity index (χ0n) is 28.4. The Kier molecular flexibility index (Phi) is 11.9. The number of hydrogen-bond acceptors (Lipinski definition) is 6. The maximum atomic E-state index is 13.7. The molecule has 45 heavy (non-hydrogen) atoms. The molecule has 1 amide bonds. The average Bonchev–Trinajstić information content (AvgIpc) is 2.96. The summed E-state index contributed by atoms with van der Waals surface area (Å²) < 4.78 is 17.7. The van der Waals surface area contributed by atoms with Crippen molar-refractivity contribution in [3.8, 4) is 11.1 Å². The number of amides is 1. The molecule has 2 unspecified atom stereocenters. The molecule has 0 fully saturated rings. The highest BCUT2D eigenvalue weighted by Crippen LogP contribution is 2.40. The largest absolute Gasteiger partial charge is 0.465 e. The van der Waals surface area contributed by atoms with Crippen molar-refractivity contribution in [2.24, 2.45) is 0 Å². The molecule has 3 aromatic carbocycles. The van der Waals surface area contributed by atoms with Crippen molar-refractivity contribution < 1.29 is 23.5 Å². The molecule has 0 bridgehead atoms. The standard InChI is InChI=1S/C36H49ClN2O5Si/c1-25(23-38-31-19-13-15-27(22-31)26-14-11-17-29(20-26)33(40)42-8)39(34(41)43-35(2,3)4)24-32(28-16-12-18-30(37)21-28)44-45(9,10)36(5,6)7/h11-22,25,32,38H,23-24H2,1-10H3. The van der Waals surface area contributed by atoms with Crippen LogP contribution in [0.25, 0.3) is 11.1 Å². The summed E-state index contributed by atoms with van der Waals surface area (Å²) in [5.41, 5.74) is 3.48. The zero-order chi connectivity index (χ0) is 33.6. The maximum Gasteiger partial charge on any atom is 0.410 e. The van der Waals surface area contributed by atoms with E-state index in [0.717, 1.165) is 22.4 Å². The van der Waals surface area contributed by atoms with Gasteiger partial charge in [0.1, 0.15) is 5.60 Å². The Morgan fingerprint density at radius 3 is 2.13 bits per heavy atom. The molecule has 3 aromatic rings. The Hall–Kier alpha value is -3.33. The SMILES string of the molecule is COC(=O)c1cccc(-c2cccc(NCC(C)N(CC(O[Si](C)(C)C(C)(C)C)c3cccc(Cl)c3)C(=O)OC(C)(C)C)c2)c1. The number of ether oxygens (including phenoxy) is 2. The van der Waals surface area contributed by atoms with Crippen molar-refractivity contribution in [2.75, 3.05) is 25.5 Å². The van der Waals surface area contributed by atoms with Crippen LogP contribution >= 0.6 is 11.6 Å². The summed E-state index contributed by atoms with van der Waals surface area (Å²) in [5.74, 6) is -0.379. The van der Waals surface area contributed by atoms with E-state index in [4.69, 9.17) is 25.5 Å². The van der Waals surface area contributed by atoms with E-state index in [1.54, 1.807) is 11.0 Å². The number of hydrogen-bond donors (Lipinski definition) is 1. The number of nitrogens with one attached hydrogen (secondary N) is 1. The molecule has 3 rings (SSSR count). The molecule has 0 aliphatic carbocycles. The van der Waals surface area contributed by atoms with Crippen LogP contribution in [0.2, 0.25) is 23.2 Å². The average molecular weight is 653 g/mol. The van der Waals surface area contributed by atoms with Crippen molar-refractivity contribution in [3.05, 3.63) is 88.9 Å². The molecular weight excluding hydrogens is 604 g/mol. The van der Waals surface area contributed by atoms with E-state index in [-0.39, 0.29) is 17.0 Å². The molecule has 0 saturated carbocycles. The lowest BCUT2D eigenvalue weighted by atomic mass is 10.0. The van der Waals surface area contributed by atoms with Crippen molar-refractivity contribution in [1.82, 2.24) is 4.90 Å².